The lowest BCUT2D eigenvalue weighted by molar-refractivity contribution is 1.44. The molecule has 3 heteroatoms. The Morgan fingerprint density at radius 3 is 2.11 bits per heavy atom. The van der Waals surface area contributed by atoms with Gasteiger partial charge in [0.25, 0.3) is 0 Å². The highest BCUT2D eigenvalue weighted by molar-refractivity contribution is 6.11. The molecule has 0 rings (SSSR count). The zero-order valence-electron chi connectivity index (χ0n) is 4.97. The Morgan fingerprint density at radius 1 is 1.44 bits per heavy atom. The van der Waals surface area contributed by atoms with Crippen LogP contribution < -0.4 is 0 Å². The van der Waals surface area contributed by atoms with Crippen molar-refractivity contribution < 1.29 is 0 Å². The van der Waals surface area contributed by atoms with Gasteiger partial charge >= 0.3 is 0 Å². The first-order valence-corrected chi connectivity index (χ1v) is 2.31. The minimum atomic E-state index is -0.278. The van der Waals surface area contributed by atoms with Gasteiger partial charge in [-0.15, -0.1) is 0 Å². The van der Waals surface area contributed by atoms with Crippen LogP contribution >= 0.6 is 0 Å². The Bertz CT molecular complexity index is 224. The third-order valence-electron chi connectivity index (χ3n) is 0.790. The molecule has 9 heavy (non-hydrogen) atoms. The lowest BCUT2D eigenvalue weighted by Gasteiger charge is -1.83. The van der Waals surface area contributed by atoms with Crippen molar-refractivity contribution in [2.75, 3.05) is 0 Å². The molecule has 0 aliphatic rings. The van der Waals surface area contributed by atoms with Crippen LogP contribution in [0, 0.1) is 28.1 Å². The first kappa shape index (κ1) is 7.39. The van der Waals surface area contributed by atoms with Gasteiger partial charge in [-0.25, -0.2) is 0 Å². The molecule has 0 aromatic rings. The summed E-state index contributed by atoms with van der Waals surface area (Å²) in [5.74, 6) is 0. The third kappa shape index (κ3) is 1.75. The number of rotatable bonds is 1. The van der Waals surface area contributed by atoms with Crippen LogP contribution in [0.4, 0.5) is 0 Å². The molecule has 0 spiro atoms. The summed E-state index contributed by atoms with van der Waals surface area (Å²) < 4.78 is 0. The van der Waals surface area contributed by atoms with Gasteiger partial charge in [-0.2, -0.15) is 10.5 Å². The van der Waals surface area contributed by atoms with Crippen LogP contribution in [0.3, 0.4) is 0 Å². The SMILES string of the molecule is C/C=C(\C#N)C(=N)C#N. The minimum absolute atomic E-state index is 0.123. The Morgan fingerprint density at radius 2 is 2.00 bits per heavy atom. The molecule has 0 radical (unpaired) electrons. The van der Waals surface area contributed by atoms with E-state index in [1.807, 2.05) is 0 Å². The maximum absolute atomic E-state index is 8.22. The number of nitrogens with one attached hydrogen (secondary N) is 1. The molecule has 1 N–H and O–H groups in total. The van der Waals surface area contributed by atoms with E-state index in [9.17, 15) is 0 Å². The molecule has 0 unspecified atom stereocenters. The highest BCUT2D eigenvalue weighted by Gasteiger charge is 1.98. The van der Waals surface area contributed by atoms with E-state index < -0.39 is 0 Å². The highest BCUT2D eigenvalue weighted by atomic mass is 14.4. The smallest absolute Gasteiger partial charge is 0.149 e. The predicted octanol–water partition coefficient (Wildman–Crippen LogP) is 1.000. The number of nitrogens with zero attached hydrogens (tertiary/aromatic N) is 2. The van der Waals surface area contributed by atoms with E-state index in [1.54, 1.807) is 19.1 Å². The van der Waals surface area contributed by atoms with Crippen LogP contribution in [-0.2, 0) is 0 Å². The average Bonchev–Trinajstić information content (AvgIpc) is 1.90. The quantitative estimate of drug-likeness (QED) is 0.413. The summed E-state index contributed by atoms with van der Waals surface area (Å²) in [7, 11) is 0. The van der Waals surface area contributed by atoms with Crippen molar-refractivity contribution in [3.63, 3.8) is 0 Å². The first-order valence-electron chi connectivity index (χ1n) is 2.31. The van der Waals surface area contributed by atoms with Crippen molar-refractivity contribution in [2.45, 2.75) is 6.92 Å². The molecule has 0 fully saturated rings. The van der Waals surface area contributed by atoms with Crippen molar-refractivity contribution in [3.05, 3.63) is 11.6 Å². The number of nitriles is 2. The van der Waals surface area contributed by atoms with Gasteiger partial charge in [0.05, 0.1) is 5.57 Å². The lowest BCUT2D eigenvalue weighted by atomic mass is 10.2. The summed E-state index contributed by atoms with van der Waals surface area (Å²) in [5, 5.41) is 23.2. The van der Waals surface area contributed by atoms with Crippen LogP contribution in [0.1, 0.15) is 6.92 Å². The van der Waals surface area contributed by atoms with E-state index in [1.165, 1.54) is 6.08 Å². The fourth-order valence-corrected chi connectivity index (χ4v) is 0.325. The van der Waals surface area contributed by atoms with Crippen LogP contribution in [0.2, 0.25) is 0 Å². The molecule has 0 saturated carbocycles. The van der Waals surface area contributed by atoms with E-state index in [0.29, 0.717) is 0 Å². The number of hydrogen-bond acceptors (Lipinski definition) is 3. The van der Waals surface area contributed by atoms with Crippen molar-refractivity contribution >= 4 is 5.71 Å². The zero-order chi connectivity index (χ0) is 7.28. The first-order chi connectivity index (χ1) is 4.26. The normalized spacial score (nSPS) is 9.44. The Hall–Kier alpha value is -1.61. The lowest BCUT2D eigenvalue weighted by Crippen LogP contribution is -1.93. The Balaban J connectivity index is 4.44. The van der Waals surface area contributed by atoms with Crippen LogP contribution in [0.5, 0.6) is 0 Å². The van der Waals surface area contributed by atoms with Crippen molar-refractivity contribution in [1.82, 2.24) is 0 Å². The van der Waals surface area contributed by atoms with Crippen LogP contribution in [0.25, 0.3) is 0 Å². The molecule has 3 nitrogen and oxygen atoms in total. The van der Waals surface area contributed by atoms with Gasteiger partial charge in [-0.3, -0.25) is 5.41 Å². The van der Waals surface area contributed by atoms with Gasteiger partial charge in [0.15, 0.2) is 0 Å². The van der Waals surface area contributed by atoms with E-state index in [4.69, 9.17) is 15.9 Å². The summed E-state index contributed by atoms with van der Waals surface area (Å²) in [6.45, 7) is 1.62. The second-order valence-corrected chi connectivity index (χ2v) is 1.30. The molecule has 0 atom stereocenters. The molecular formula is C6H5N3. The van der Waals surface area contributed by atoms with E-state index >= 15 is 0 Å². The molecule has 0 aliphatic carbocycles. The fourth-order valence-electron chi connectivity index (χ4n) is 0.325. The number of allylic oxidation sites excluding steroid dienone is 2. The predicted molar refractivity (Wildman–Crippen MR) is 32.7 cm³/mol. The molecule has 0 bridgehead atoms. The third-order valence-corrected chi connectivity index (χ3v) is 0.790. The zero-order valence-corrected chi connectivity index (χ0v) is 4.97. The fraction of sp³-hybridized carbons (Fsp3) is 0.167. The standard InChI is InChI=1S/C6H5N3/c1-2-5(3-7)6(9)4-8/h2,9H,1H3/b5-2+,9-6?. The monoisotopic (exact) mass is 119 g/mol. The summed E-state index contributed by atoms with van der Waals surface area (Å²) in [4.78, 5) is 0. The molecule has 44 valence electrons. The molecule has 0 heterocycles. The Kier molecular flexibility index (Phi) is 2.79. The minimum Gasteiger partial charge on any atom is -0.289 e. The van der Waals surface area contributed by atoms with E-state index in [2.05, 4.69) is 0 Å². The summed E-state index contributed by atoms with van der Waals surface area (Å²) in [6, 6.07) is 3.28. The van der Waals surface area contributed by atoms with Crippen molar-refractivity contribution in [2.24, 2.45) is 0 Å². The maximum Gasteiger partial charge on any atom is 0.149 e. The van der Waals surface area contributed by atoms with Crippen LogP contribution in [-0.4, -0.2) is 5.71 Å². The maximum atomic E-state index is 8.22. The highest BCUT2D eigenvalue weighted by Crippen LogP contribution is 1.91. The van der Waals surface area contributed by atoms with Gasteiger partial charge in [0.1, 0.15) is 17.9 Å². The van der Waals surface area contributed by atoms with Crippen molar-refractivity contribution in [3.8, 4) is 12.1 Å². The van der Waals surface area contributed by atoms with E-state index in [-0.39, 0.29) is 11.3 Å². The second kappa shape index (κ2) is 3.40. The van der Waals surface area contributed by atoms with Gasteiger partial charge in [0, 0.05) is 0 Å². The van der Waals surface area contributed by atoms with Gasteiger partial charge < -0.3 is 0 Å². The summed E-state index contributed by atoms with van der Waals surface area (Å²) in [6.07, 6.45) is 1.44. The second-order valence-electron chi connectivity index (χ2n) is 1.30. The molecule has 0 aliphatic heterocycles. The average molecular weight is 119 g/mol. The topological polar surface area (TPSA) is 71.4 Å². The van der Waals surface area contributed by atoms with Gasteiger partial charge in [0.2, 0.25) is 0 Å². The van der Waals surface area contributed by atoms with Gasteiger partial charge in [-0.1, -0.05) is 6.08 Å². The van der Waals surface area contributed by atoms with Crippen LogP contribution in [0.15, 0.2) is 11.6 Å². The van der Waals surface area contributed by atoms with Crippen molar-refractivity contribution in [1.29, 1.82) is 15.9 Å². The molecule has 0 aromatic heterocycles. The summed E-state index contributed by atoms with van der Waals surface area (Å²) >= 11 is 0. The van der Waals surface area contributed by atoms with E-state index in [0.717, 1.165) is 0 Å². The molecular weight excluding hydrogens is 114 g/mol. The number of hydrogen-bond donors (Lipinski definition) is 1. The molecule has 0 aromatic carbocycles. The molecule has 0 amide bonds. The largest absolute Gasteiger partial charge is 0.289 e. The molecule has 0 saturated heterocycles. The summed E-state index contributed by atoms with van der Waals surface area (Å²) in [5.41, 5.74) is -0.155. The van der Waals surface area contributed by atoms with Gasteiger partial charge in [-0.05, 0) is 6.92 Å². The Labute approximate surface area is 53.3 Å².